The predicted molar refractivity (Wildman–Crippen MR) is 56.1 cm³/mol. The summed E-state index contributed by atoms with van der Waals surface area (Å²) in [5.74, 6) is -5.57. The third kappa shape index (κ3) is 2.85. The molecule has 98 valence electrons. The van der Waals surface area contributed by atoms with Crippen molar-refractivity contribution in [3.8, 4) is 0 Å². The maximum Gasteiger partial charge on any atom is 0.190 e. The van der Waals surface area contributed by atoms with Crippen LogP contribution in [0.25, 0.3) is 0 Å². The van der Waals surface area contributed by atoms with Crippen molar-refractivity contribution in [2.24, 2.45) is 0 Å². The van der Waals surface area contributed by atoms with Crippen LogP contribution in [0.4, 0.5) is 0 Å². The monoisotopic (exact) mass is 252 g/mol. The molecule has 0 heterocycles. The van der Waals surface area contributed by atoms with Crippen molar-refractivity contribution < 1.29 is 30.0 Å². The van der Waals surface area contributed by atoms with E-state index in [2.05, 4.69) is 0 Å². The van der Waals surface area contributed by atoms with Gasteiger partial charge in [-0.3, -0.25) is 0 Å². The van der Waals surface area contributed by atoms with Gasteiger partial charge in [-0.1, -0.05) is 25.5 Å². The van der Waals surface area contributed by atoms with Gasteiger partial charge in [0.25, 0.3) is 0 Å². The molecular formula is C12H12O6-2. The fourth-order valence-electron chi connectivity index (χ4n) is 1.66. The molecule has 0 unspecified atom stereocenters. The van der Waals surface area contributed by atoms with Crippen LogP contribution < -0.4 is 10.2 Å². The van der Waals surface area contributed by atoms with Gasteiger partial charge in [0.15, 0.2) is 5.79 Å². The van der Waals surface area contributed by atoms with Gasteiger partial charge in [0, 0.05) is 17.5 Å². The lowest BCUT2D eigenvalue weighted by atomic mass is 9.94. The molecule has 0 aromatic heterocycles. The number of benzene rings is 1. The van der Waals surface area contributed by atoms with Gasteiger partial charge in [-0.25, -0.2) is 0 Å². The van der Waals surface area contributed by atoms with Gasteiger partial charge >= 0.3 is 0 Å². The van der Waals surface area contributed by atoms with Crippen LogP contribution in [-0.2, 0) is 5.79 Å². The smallest absolute Gasteiger partial charge is 0.190 e. The Morgan fingerprint density at radius 3 is 2.28 bits per heavy atom. The van der Waals surface area contributed by atoms with Gasteiger partial charge < -0.3 is 30.0 Å². The summed E-state index contributed by atoms with van der Waals surface area (Å²) in [6, 6.07) is 2.83. The fraction of sp³-hybridized carbons (Fsp3) is 0.333. The van der Waals surface area contributed by atoms with Crippen LogP contribution in [0, 0.1) is 0 Å². The van der Waals surface area contributed by atoms with Crippen molar-refractivity contribution in [1.82, 2.24) is 0 Å². The predicted octanol–water partition coefficient (Wildman–Crippen LogP) is -1.65. The van der Waals surface area contributed by atoms with Crippen molar-refractivity contribution in [2.45, 2.75) is 25.6 Å². The van der Waals surface area contributed by atoms with E-state index in [1.807, 2.05) is 0 Å². The number of hydrogen-bond acceptors (Lipinski definition) is 6. The second kappa shape index (κ2) is 5.16. The normalized spacial score (nSPS) is 11.3. The molecule has 0 spiro atoms. The molecular weight excluding hydrogens is 240 g/mol. The van der Waals surface area contributed by atoms with Gasteiger partial charge in [0.2, 0.25) is 0 Å². The summed E-state index contributed by atoms with van der Waals surface area (Å²) in [5, 5.41) is 41.1. The SMILES string of the molecule is CCCC(O)(O)c1cc(C(=O)[O-])ccc1C(=O)[O-]. The van der Waals surface area contributed by atoms with Crippen LogP contribution in [0.5, 0.6) is 0 Å². The number of carboxylic acids is 2. The van der Waals surface area contributed by atoms with Crippen LogP contribution >= 0.6 is 0 Å². The first-order chi connectivity index (χ1) is 8.29. The van der Waals surface area contributed by atoms with Crippen LogP contribution in [0.1, 0.15) is 46.0 Å². The zero-order valence-corrected chi connectivity index (χ0v) is 9.67. The molecule has 6 heteroatoms. The zero-order valence-electron chi connectivity index (χ0n) is 9.67. The first-order valence-electron chi connectivity index (χ1n) is 5.31. The fourth-order valence-corrected chi connectivity index (χ4v) is 1.66. The first-order valence-corrected chi connectivity index (χ1v) is 5.31. The lowest BCUT2D eigenvalue weighted by molar-refractivity contribution is -0.257. The van der Waals surface area contributed by atoms with Crippen molar-refractivity contribution in [1.29, 1.82) is 0 Å². The second-order valence-corrected chi connectivity index (χ2v) is 3.90. The number of hydrogen-bond donors (Lipinski definition) is 2. The Labute approximate surface area is 103 Å². The van der Waals surface area contributed by atoms with Crippen molar-refractivity contribution in [2.75, 3.05) is 0 Å². The summed E-state index contributed by atoms with van der Waals surface area (Å²) in [5.41, 5.74) is -1.21. The van der Waals surface area contributed by atoms with E-state index >= 15 is 0 Å². The minimum absolute atomic E-state index is 0.135. The summed E-state index contributed by atoms with van der Waals surface area (Å²) in [4.78, 5) is 21.5. The molecule has 1 aromatic carbocycles. The average Bonchev–Trinajstić information content (AvgIpc) is 2.27. The molecule has 0 radical (unpaired) electrons. The van der Waals surface area contributed by atoms with Gasteiger partial charge in [-0.2, -0.15) is 0 Å². The summed E-state index contributed by atoms with van der Waals surface area (Å²) in [6.45, 7) is 1.67. The summed E-state index contributed by atoms with van der Waals surface area (Å²) in [6.07, 6.45) is 0.235. The van der Waals surface area contributed by atoms with E-state index in [-0.39, 0.29) is 12.0 Å². The molecule has 0 bridgehead atoms. The van der Waals surface area contributed by atoms with E-state index in [0.29, 0.717) is 6.42 Å². The second-order valence-electron chi connectivity index (χ2n) is 3.90. The third-order valence-electron chi connectivity index (χ3n) is 2.51. The molecule has 0 fully saturated rings. The molecule has 1 rings (SSSR count). The summed E-state index contributed by atoms with van der Waals surface area (Å²) < 4.78 is 0. The number of aliphatic hydroxyl groups is 2. The summed E-state index contributed by atoms with van der Waals surface area (Å²) >= 11 is 0. The van der Waals surface area contributed by atoms with Gasteiger partial charge in [-0.05, 0) is 11.6 Å². The third-order valence-corrected chi connectivity index (χ3v) is 2.51. The van der Waals surface area contributed by atoms with Crippen molar-refractivity contribution >= 4 is 11.9 Å². The van der Waals surface area contributed by atoms with E-state index in [4.69, 9.17) is 0 Å². The molecule has 0 saturated heterocycles. The van der Waals surface area contributed by atoms with E-state index in [1.54, 1.807) is 6.92 Å². The Hall–Kier alpha value is -1.92. The maximum absolute atomic E-state index is 10.9. The highest BCUT2D eigenvalue weighted by Gasteiger charge is 2.28. The maximum atomic E-state index is 10.9. The van der Waals surface area contributed by atoms with Crippen LogP contribution in [0.2, 0.25) is 0 Å². The van der Waals surface area contributed by atoms with E-state index < -0.39 is 28.9 Å². The molecule has 6 nitrogen and oxygen atoms in total. The highest BCUT2D eigenvalue weighted by molar-refractivity contribution is 5.91. The van der Waals surface area contributed by atoms with E-state index in [0.717, 1.165) is 18.2 Å². The van der Waals surface area contributed by atoms with Crippen molar-refractivity contribution in [3.05, 3.63) is 34.9 Å². The van der Waals surface area contributed by atoms with Crippen LogP contribution in [-0.4, -0.2) is 22.2 Å². The van der Waals surface area contributed by atoms with E-state index in [9.17, 15) is 30.0 Å². The molecule has 0 atom stereocenters. The standard InChI is InChI=1S/C12H14O6/c1-2-5-12(17,18)9-6-7(10(13)14)3-4-8(9)11(15)16/h3-4,6,17-18H,2,5H2,1H3,(H,13,14)(H,15,16)/p-2. The highest BCUT2D eigenvalue weighted by atomic mass is 16.5. The Kier molecular flexibility index (Phi) is 4.05. The molecule has 0 aliphatic carbocycles. The highest BCUT2D eigenvalue weighted by Crippen LogP contribution is 2.27. The minimum atomic E-state index is -2.42. The zero-order chi connectivity index (χ0) is 13.9. The topological polar surface area (TPSA) is 121 Å². The summed E-state index contributed by atoms with van der Waals surface area (Å²) in [7, 11) is 0. The number of aromatic carboxylic acids is 2. The number of carbonyl (C=O) groups is 2. The Bertz CT molecular complexity index is 477. The molecule has 0 saturated carbocycles. The van der Waals surface area contributed by atoms with Crippen LogP contribution in [0.15, 0.2) is 18.2 Å². The molecule has 18 heavy (non-hydrogen) atoms. The Morgan fingerprint density at radius 1 is 1.22 bits per heavy atom. The molecule has 0 aliphatic heterocycles. The number of carboxylic acid groups (broad SMARTS) is 2. The van der Waals surface area contributed by atoms with Gasteiger partial charge in [-0.15, -0.1) is 0 Å². The minimum Gasteiger partial charge on any atom is -0.545 e. The molecule has 2 N–H and O–H groups in total. The Balaban J connectivity index is 3.40. The van der Waals surface area contributed by atoms with E-state index in [1.165, 1.54) is 0 Å². The van der Waals surface area contributed by atoms with Crippen LogP contribution in [0.3, 0.4) is 0 Å². The first kappa shape index (κ1) is 14.1. The lowest BCUT2D eigenvalue weighted by Gasteiger charge is -2.25. The average molecular weight is 252 g/mol. The van der Waals surface area contributed by atoms with Crippen molar-refractivity contribution in [3.63, 3.8) is 0 Å². The number of carbonyl (C=O) groups excluding carboxylic acids is 2. The Morgan fingerprint density at radius 2 is 1.83 bits per heavy atom. The molecule has 1 aromatic rings. The molecule has 0 amide bonds. The largest absolute Gasteiger partial charge is 0.545 e. The van der Waals surface area contributed by atoms with Gasteiger partial charge in [0.05, 0.1) is 11.9 Å². The van der Waals surface area contributed by atoms with Gasteiger partial charge in [0.1, 0.15) is 0 Å². The lowest BCUT2D eigenvalue weighted by Crippen LogP contribution is -2.33. The quantitative estimate of drug-likeness (QED) is 0.606. The number of rotatable bonds is 5. The molecule has 0 aliphatic rings.